The Hall–Kier alpha value is -2.70. The monoisotopic (exact) mass is 341 g/mol. The molecule has 0 amide bonds. The predicted molar refractivity (Wildman–Crippen MR) is 94.8 cm³/mol. The Morgan fingerprint density at radius 2 is 1.75 bits per heavy atom. The molecule has 0 fully saturated rings. The summed E-state index contributed by atoms with van der Waals surface area (Å²) in [7, 11) is 0. The molecule has 6 nitrogen and oxygen atoms in total. The average molecular weight is 342 g/mol. The number of hydrogen-bond acceptors (Lipinski definition) is 5. The summed E-state index contributed by atoms with van der Waals surface area (Å²) in [5.74, 6) is 6.79. The minimum atomic E-state index is -0.439. The molecule has 0 unspecified atom stereocenters. The summed E-state index contributed by atoms with van der Waals surface area (Å²) in [5, 5.41) is 1.90. The van der Waals surface area contributed by atoms with Gasteiger partial charge in [-0.3, -0.25) is 0 Å². The first kappa shape index (κ1) is 16.2. The van der Waals surface area contributed by atoms with Gasteiger partial charge >= 0.3 is 5.69 Å². The van der Waals surface area contributed by atoms with E-state index in [1.807, 2.05) is 37.3 Å². The standard InChI is InChI=1S/C17H16ClN5O/c1-2-15-20-16(23(19)14-6-4-3-5-7-14)21-17(24)22(15)13-10-8-12(18)9-11-13/h3-11H,2,19H2,1H3. The summed E-state index contributed by atoms with van der Waals surface area (Å²) in [6.07, 6.45) is 0.552. The van der Waals surface area contributed by atoms with E-state index >= 15 is 0 Å². The Balaban J connectivity index is 2.08. The zero-order valence-corrected chi connectivity index (χ0v) is 13.8. The van der Waals surface area contributed by atoms with Gasteiger partial charge < -0.3 is 0 Å². The molecule has 2 N–H and O–H groups in total. The first-order valence-corrected chi connectivity index (χ1v) is 7.83. The minimum absolute atomic E-state index is 0.160. The highest BCUT2D eigenvalue weighted by Gasteiger charge is 2.14. The summed E-state index contributed by atoms with van der Waals surface area (Å²) in [6.45, 7) is 1.92. The van der Waals surface area contributed by atoms with Gasteiger partial charge in [-0.2, -0.15) is 9.97 Å². The first-order valence-electron chi connectivity index (χ1n) is 7.46. The third kappa shape index (κ3) is 3.15. The smallest absolute Gasteiger partial charge is 0.248 e. The van der Waals surface area contributed by atoms with Crippen LogP contribution in [0.1, 0.15) is 12.7 Å². The molecule has 7 heteroatoms. The molecule has 0 aliphatic rings. The fourth-order valence-corrected chi connectivity index (χ4v) is 2.46. The van der Waals surface area contributed by atoms with Gasteiger partial charge in [0.2, 0.25) is 0 Å². The van der Waals surface area contributed by atoms with E-state index in [1.54, 1.807) is 24.3 Å². The molecule has 1 heterocycles. The van der Waals surface area contributed by atoms with Crippen LogP contribution < -0.4 is 16.5 Å². The first-order chi connectivity index (χ1) is 11.6. The number of hydrazine groups is 1. The van der Waals surface area contributed by atoms with Gasteiger partial charge in [0.25, 0.3) is 5.95 Å². The van der Waals surface area contributed by atoms with Gasteiger partial charge in [-0.25, -0.2) is 20.2 Å². The second kappa shape index (κ2) is 6.82. The van der Waals surface area contributed by atoms with Gasteiger partial charge in [0.05, 0.1) is 11.4 Å². The molecule has 3 rings (SSSR count). The zero-order valence-electron chi connectivity index (χ0n) is 13.1. The van der Waals surface area contributed by atoms with Crippen molar-refractivity contribution in [3.05, 3.63) is 75.9 Å². The fourth-order valence-electron chi connectivity index (χ4n) is 2.33. The second-order valence-electron chi connectivity index (χ2n) is 5.09. The van der Waals surface area contributed by atoms with Crippen LogP contribution in [0.15, 0.2) is 59.4 Å². The van der Waals surface area contributed by atoms with E-state index in [0.717, 1.165) is 0 Å². The van der Waals surface area contributed by atoms with Crippen molar-refractivity contribution in [1.82, 2.24) is 14.5 Å². The third-order valence-electron chi connectivity index (χ3n) is 3.52. The van der Waals surface area contributed by atoms with Crippen LogP contribution in [0.2, 0.25) is 5.02 Å². The number of para-hydroxylation sites is 1. The maximum Gasteiger partial charge on any atom is 0.356 e. The van der Waals surface area contributed by atoms with Crippen LogP contribution in [0.4, 0.5) is 11.6 Å². The molecule has 0 bridgehead atoms. The summed E-state index contributed by atoms with van der Waals surface area (Å²) < 4.78 is 1.46. The number of benzene rings is 2. The molecule has 0 atom stereocenters. The van der Waals surface area contributed by atoms with Crippen LogP contribution in [0, 0.1) is 0 Å². The lowest BCUT2D eigenvalue weighted by Crippen LogP contribution is -2.33. The molecule has 24 heavy (non-hydrogen) atoms. The Morgan fingerprint density at radius 3 is 2.38 bits per heavy atom. The summed E-state index contributed by atoms with van der Waals surface area (Å²) in [4.78, 5) is 21.0. The van der Waals surface area contributed by atoms with Crippen molar-refractivity contribution in [3.63, 3.8) is 0 Å². The Labute approximate surface area is 144 Å². The van der Waals surface area contributed by atoms with E-state index in [9.17, 15) is 4.79 Å². The van der Waals surface area contributed by atoms with Crippen molar-refractivity contribution in [2.24, 2.45) is 5.84 Å². The highest BCUT2D eigenvalue weighted by atomic mass is 35.5. The predicted octanol–water partition coefficient (Wildman–Crippen LogP) is 2.86. The Kier molecular flexibility index (Phi) is 4.59. The Morgan fingerprint density at radius 1 is 1.08 bits per heavy atom. The number of hydrogen-bond donors (Lipinski definition) is 1. The number of rotatable bonds is 4. The molecule has 122 valence electrons. The van der Waals surface area contributed by atoms with Gasteiger partial charge in [0.1, 0.15) is 5.82 Å². The van der Waals surface area contributed by atoms with Crippen LogP contribution in [-0.4, -0.2) is 14.5 Å². The van der Waals surface area contributed by atoms with Crippen LogP contribution in [0.3, 0.4) is 0 Å². The maximum atomic E-state index is 12.5. The lowest BCUT2D eigenvalue weighted by atomic mass is 10.3. The number of aryl methyl sites for hydroxylation is 1. The summed E-state index contributed by atoms with van der Waals surface area (Å²) in [5.41, 5.74) is 0.921. The summed E-state index contributed by atoms with van der Waals surface area (Å²) >= 11 is 5.91. The quantitative estimate of drug-likeness (QED) is 0.583. The molecule has 2 aromatic carbocycles. The molecular formula is C17H16ClN5O. The molecule has 0 saturated heterocycles. The summed E-state index contributed by atoms with van der Waals surface area (Å²) in [6, 6.07) is 16.2. The molecule has 0 radical (unpaired) electrons. The second-order valence-corrected chi connectivity index (χ2v) is 5.53. The number of nitrogens with two attached hydrogens (primary N) is 1. The van der Waals surface area contributed by atoms with Crippen molar-refractivity contribution < 1.29 is 0 Å². The lowest BCUT2D eigenvalue weighted by molar-refractivity contribution is 0.756. The molecule has 0 saturated carbocycles. The Bertz CT molecular complexity index is 893. The maximum absolute atomic E-state index is 12.5. The largest absolute Gasteiger partial charge is 0.356 e. The molecule has 1 aromatic heterocycles. The van der Waals surface area contributed by atoms with E-state index in [-0.39, 0.29) is 5.95 Å². The van der Waals surface area contributed by atoms with Crippen molar-refractivity contribution >= 4 is 23.2 Å². The minimum Gasteiger partial charge on any atom is -0.248 e. The molecule has 0 aliphatic heterocycles. The number of halogens is 1. The van der Waals surface area contributed by atoms with E-state index in [0.29, 0.717) is 28.6 Å². The van der Waals surface area contributed by atoms with Crippen LogP contribution in [0.25, 0.3) is 5.69 Å². The number of nitrogens with zero attached hydrogens (tertiary/aromatic N) is 4. The van der Waals surface area contributed by atoms with Gasteiger partial charge in [0.15, 0.2) is 0 Å². The average Bonchev–Trinajstić information content (AvgIpc) is 2.62. The van der Waals surface area contributed by atoms with Crippen molar-refractivity contribution in [2.45, 2.75) is 13.3 Å². The van der Waals surface area contributed by atoms with Crippen molar-refractivity contribution in [1.29, 1.82) is 0 Å². The fraction of sp³-hybridized carbons (Fsp3) is 0.118. The normalized spacial score (nSPS) is 10.6. The lowest BCUT2D eigenvalue weighted by Gasteiger charge is -2.18. The molecule has 0 spiro atoms. The van der Waals surface area contributed by atoms with Gasteiger partial charge in [0, 0.05) is 11.4 Å². The van der Waals surface area contributed by atoms with E-state index in [1.165, 1.54) is 9.58 Å². The topological polar surface area (TPSA) is 77.0 Å². The molecular weight excluding hydrogens is 326 g/mol. The van der Waals surface area contributed by atoms with Gasteiger partial charge in [-0.05, 0) is 36.4 Å². The van der Waals surface area contributed by atoms with E-state index < -0.39 is 5.69 Å². The van der Waals surface area contributed by atoms with Crippen LogP contribution in [0.5, 0.6) is 0 Å². The highest BCUT2D eigenvalue weighted by Crippen LogP contribution is 2.18. The van der Waals surface area contributed by atoms with E-state index in [4.69, 9.17) is 17.4 Å². The van der Waals surface area contributed by atoms with Crippen molar-refractivity contribution in [2.75, 3.05) is 5.01 Å². The number of anilines is 2. The van der Waals surface area contributed by atoms with Gasteiger partial charge in [-0.15, -0.1) is 0 Å². The number of aromatic nitrogens is 3. The van der Waals surface area contributed by atoms with Crippen LogP contribution >= 0.6 is 11.6 Å². The van der Waals surface area contributed by atoms with Crippen LogP contribution in [-0.2, 0) is 6.42 Å². The highest BCUT2D eigenvalue weighted by molar-refractivity contribution is 6.30. The van der Waals surface area contributed by atoms with Crippen molar-refractivity contribution in [3.8, 4) is 5.69 Å². The van der Waals surface area contributed by atoms with E-state index in [2.05, 4.69) is 9.97 Å². The SMILES string of the molecule is CCc1nc(N(N)c2ccccc2)nc(=O)n1-c1ccc(Cl)cc1. The third-order valence-corrected chi connectivity index (χ3v) is 3.78. The molecule has 3 aromatic rings. The van der Waals surface area contributed by atoms with Gasteiger partial charge in [-0.1, -0.05) is 36.7 Å². The molecule has 0 aliphatic carbocycles. The zero-order chi connectivity index (χ0) is 17.1.